The average Bonchev–Trinajstić information content (AvgIpc) is 2.61. The lowest BCUT2D eigenvalue weighted by Crippen LogP contribution is -2.31. The number of carbonyl (C=O) groups is 1. The number of nitrogens with zero attached hydrogens (tertiary/aromatic N) is 1. The molecule has 0 radical (unpaired) electrons. The summed E-state index contributed by atoms with van der Waals surface area (Å²) in [6.45, 7) is 3.86. The van der Waals surface area contributed by atoms with Crippen LogP contribution in [-0.2, 0) is 4.79 Å². The predicted molar refractivity (Wildman–Crippen MR) is 65.2 cm³/mol. The Labute approximate surface area is 99.0 Å². The summed E-state index contributed by atoms with van der Waals surface area (Å²) in [5, 5.41) is 14.3. The Balaban J connectivity index is 2.42. The van der Waals surface area contributed by atoms with Crippen molar-refractivity contribution in [3.05, 3.63) is 22.2 Å². The monoisotopic (exact) mass is 240 g/mol. The third-order valence-electron chi connectivity index (χ3n) is 1.99. The van der Waals surface area contributed by atoms with Crippen LogP contribution in [0.3, 0.4) is 0 Å². The summed E-state index contributed by atoms with van der Waals surface area (Å²) in [5.74, 6) is -0.161. The highest BCUT2D eigenvalue weighted by molar-refractivity contribution is 7.09. The van der Waals surface area contributed by atoms with Gasteiger partial charge in [0.25, 0.3) is 0 Å². The van der Waals surface area contributed by atoms with Gasteiger partial charge in [0.1, 0.15) is 0 Å². The quantitative estimate of drug-likeness (QED) is 0.764. The number of rotatable bonds is 5. The van der Waals surface area contributed by atoms with Gasteiger partial charge in [0, 0.05) is 24.1 Å². The Bertz CT molecular complexity index is 374. The molecule has 1 atom stereocenters. The largest absolute Gasteiger partial charge is 0.396 e. The van der Waals surface area contributed by atoms with Gasteiger partial charge >= 0.3 is 0 Å². The van der Waals surface area contributed by atoms with Gasteiger partial charge in [-0.25, -0.2) is 4.98 Å². The van der Waals surface area contributed by atoms with Crippen molar-refractivity contribution in [2.24, 2.45) is 0 Å². The lowest BCUT2D eigenvalue weighted by atomic mass is 10.2. The molecule has 0 saturated heterocycles. The molecule has 0 aliphatic heterocycles. The molecule has 1 amide bonds. The average molecular weight is 240 g/mol. The van der Waals surface area contributed by atoms with E-state index in [0.717, 1.165) is 10.7 Å². The fraction of sp³-hybridized carbons (Fsp3) is 0.455. The molecule has 1 unspecified atom stereocenters. The number of aryl methyl sites for hydroxylation is 1. The second-order valence-corrected chi connectivity index (χ2v) is 4.61. The maximum absolute atomic E-state index is 11.4. The SMILES string of the molecule is Cc1nc(/C=C/C(=O)NC(C)CCO)cs1. The van der Waals surface area contributed by atoms with Crippen molar-refractivity contribution < 1.29 is 9.90 Å². The summed E-state index contributed by atoms with van der Waals surface area (Å²) in [7, 11) is 0. The molecule has 0 aliphatic rings. The van der Waals surface area contributed by atoms with Crippen molar-refractivity contribution in [1.82, 2.24) is 10.3 Å². The number of aliphatic hydroxyl groups is 1. The Morgan fingerprint density at radius 3 is 3.06 bits per heavy atom. The lowest BCUT2D eigenvalue weighted by Gasteiger charge is -2.09. The fourth-order valence-corrected chi connectivity index (χ4v) is 1.76. The highest BCUT2D eigenvalue weighted by Crippen LogP contribution is 2.08. The van der Waals surface area contributed by atoms with E-state index in [1.54, 1.807) is 17.4 Å². The molecule has 5 heteroatoms. The van der Waals surface area contributed by atoms with E-state index in [-0.39, 0.29) is 18.6 Å². The standard InChI is InChI=1S/C11H16N2O2S/c1-8(5-6-14)12-11(15)4-3-10-7-16-9(2)13-10/h3-4,7-8,14H,5-6H2,1-2H3,(H,12,15)/b4-3+. The molecular weight excluding hydrogens is 224 g/mol. The zero-order valence-corrected chi connectivity index (χ0v) is 10.3. The van der Waals surface area contributed by atoms with Crippen LogP contribution < -0.4 is 5.32 Å². The molecule has 1 heterocycles. The zero-order valence-electron chi connectivity index (χ0n) is 9.43. The molecule has 4 nitrogen and oxygen atoms in total. The number of thiazole rings is 1. The first-order chi connectivity index (χ1) is 7.61. The lowest BCUT2D eigenvalue weighted by molar-refractivity contribution is -0.117. The summed E-state index contributed by atoms with van der Waals surface area (Å²) in [6, 6.07) is -0.0145. The van der Waals surface area contributed by atoms with Crippen molar-refractivity contribution in [1.29, 1.82) is 0 Å². The molecule has 2 N–H and O–H groups in total. The zero-order chi connectivity index (χ0) is 12.0. The smallest absolute Gasteiger partial charge is 0.244 e. The van der Waals surface area contributed by atoms with E-state index in [0.29, 0.717) is 6.42 Å². The summed E-state index contributed by atoms with van der Waals surface area (Å²) >= 11 is 1.55. The molecule has 0 spiro atoms. The van der Waals surface area contributed by atoms with Crippen LogP contribution in [0.25, 0.3) is 6.08 Å². The number of hydrogen-bond acceptors (Lipinski definition) is 4. The fourth-order valence-electron chi connectivity index (χ4n) is 1.17. The number of carbonyl (C=O) groups excluding carboxylic acids is 1. The van der Waals surface area contributed by atoms with E-state index in [1.807, 2.05) is 19.2 Å². The maximum Gasteiger partial charge on any atom is 0.244 e. The Hall–Kier alpha value is -1.20. The van der Waals surface area contributed by atoms with Gasteiger partial charge in [-0.15, -0.1) is 11.3 Å². The molecule has 0 aliphatic carbocycles. The van der Waals surface area contributed by atoms with Gasteiger partial charge in [0.05, 0.1) is 10.7 Å². The van der Waals surface area contributed by atoms with Crippen molar-refractivity contribution in [3.8, 4) is 0 Å². The van der Waals surface area contributed by atoms with Gasteiger partial charge < -0.3 is 10.4 Å². The van der Waals surface area contributed by atoms with E-state index in [9.17, 15) is 4.79 Å². The predicted octanol–water partition coefficient (Wildman–Crippen LogP) is 1.35. The van der Waals surface area contributed by atoms with Crippen molar-refractivity contribution in [2.45, 2.75) is 26.3 Å². The van der Waals surface area contributed by atoms with Crippen molar-refractivity contribution in [2.75, 3.05) is 6.61 Å². The van der Waals surface area contributed by atoms with Crippen LogP contribution in [0.15, 0.2) is 11.5 Å². The minimum Gasteiger partial charge on any atom is -0.396 e. The third kappa shape index (κ3) is 4.55. The molecule has 88 valence electrons. The molecule has 0 fully saturated rings. The topological polar surface area (TPSA) is 62.2 Å². The minimum absolute atomic E-state index is 0.0145. The van der Waals surface area contributed by atoms with E-state index < -0.39 is 0 Å². The van der Waals surface area contributed by atoms with Crippen LogP contribution in [0.4, 0.5) is 0 Å². The third-order valence-corrected chi connectivity index (χ3v) is 2.78. The van der Waals surface area contributed by atoms with Crippen LogP contribution >= 0.6 is 11.3 Å². The summed E-state index contributed by atoms with van der Waals surface area (Å²) in [4.78, 5) is 15.6. The molecular formula is C11H16N2O2S. The Morgan fingerprint density at radius 2 is 2.50 bits per heavy atom. The Kier molecular flexibility index (Phi) is 5.14. The molecule has 0 aromatic carbocycles. The summed E-state index contributed by atoms with van der Waals surface area (Å²) in [6.07, 6.45) is 3.71. The van der Waals surface area contributed by atoms with Gasteiger partial charge in [-0.1, -0.05) is 0 Å². The molecule has 1 rings (SSSR count). The van der Waals surface area contributed by atoms with Crippen molar-refractivity contribution in [3.63, 3.8) is 0 Å². The van der Waals surface area contributed by atoms with Gasteiger partial charge in [-0.05, 0) is 26.3 Å². The highest BCUT2D eigenvalue weighted by Gasteiger charge is 2.03. The van der Waals surface area contributed by atoms with E-state index in [2.05, 4.69) is 10.3 Å². The van der Waals surface area contributed by atoms with Crippen LogP contribution in [-0.4, -0.2) is 28.6 Å². The van der Waals surface area contributed by atoms with Gasteiger partial charge in [-0.2, -0.15) is 0 Å². The number of hydrogen-bond donors (Lipinski definition) is 2. The molecule has 1 aromatic heterocycles. The summed E-state index contributed by atoms with van der Waals surface area (Å²) in [5.41, 5.74) is 0.799. The Morgan fingerprint density at radius 1 is 1.75 bits per heavy atom. The first-order valence-electron chi connectivity index (χ1n) is 5.13. The van der Waals surface area contributed by atoms with Crippen LogP contribution in [0.2, 0.25) is 0 Å². The number of aromatic nitrogens is 1. The second kappa shape index (κ2) is 6.40. The van der Waals surface area contributed by atoms with Crippen LogP contribution in [0.5, 0.6) is 0 Å². The van der Waals surface area contributed by atoms with Crippen molar-refractivity contribution >= 4 is 23.3 Å². The van der Waals surface area contributed by atoms with E-state index >= 15 is 0 Å². The normalized spacial score (nSPS) is 12.9. The maximum atomic E-state index is 11.4. The van der Waals surface area contributed by atoms with Crippen LogP contribution in [0, 0.1) is 6.92 Å². The highest BCUT2D eigenvalue weighted by atomic mass is 32.1. The molecule has 0 bridgehead atoms. The van der Waals surface area contributed by atoms with Gasteiger partial charge in [0.15, 0.2) is 0 Å². The van der Waals surface area contributed by atoms with E-state index in [4.69, 9.17) is 5.11 Å². The number of amides is 1. The molecule has 0 saturated carbocycles. The molecule has 16 heavy (non-hydrogen) atoms. The minimum atomic E-state index is -0.161. The number of aliphatic hydroxyl groups excluding tert-OH is 1. The second-order valence-electron chi connectivity index (χ2n) is 3.55. The van der Waals surface area contributed by atoms with Crippen LogP contribution in [0.1, 0.15) is 24.0 Å². The van der Waals surface area contributed by atoms with Gasteiger partial charge in [-0.3, -0.25) is 4.79 Å². The number of nitrogens with one attached hydrogen (secondary N) is 1. The first-order valence-corrected chi connectivity index (χ1v) is 6.01. The summed E-state index contributed by atoms with van der Waals surface area (Å²) < 4.78 is 0. The molecule has 1 aromatic rings. The van der Waals surface area contributed by atoms with Gasteiger partial charge in [0.2, 0.25) is 5.91 Å². The van der Waals surface area contributed by atoms with E-state index in [1.165, 1.54) is 6.08 Å². The first kappa shape index (κ1) is 12.9.